The van der Waals surface area contributed by atoms with Crippen molar-refractivity contribution in [3.63, 3.8) is 0 Å². The number of nitrogens with two attached hydrogens (primary N) is 1. The predicted octanol–water partition coefficient (Wildman–Crippen LogP) is 0.245. The third-order valence-electron chi connectivity index (χ3n) is 4.64. The van der Waals surface area contributed by atoms with Crippen LogP contribution in [0.3, 0.4) is 0 Å². The number of amides is 1. The van der Waals surface area contributed by atoms with Gasteiger partial charge in [-0.1, -0.05) is 18.2 Å². The van der Waals surface area contributed by atoms with Crippen LogP contribution in [0.5, 0.6) is 0 Å². The summed E-state index contributed by atoms with van der Waals surface area (Å²) in [5, 5.41) is 0. The summed E-state index contributed by atoms with van der Waals surface area (Å²) in [6, 6.07) is 8.03. The first-order chi connectivity index (χ1) is 11.2. The monoisotopic (exact) mass is 318 g/mol. The average molecular weight is 318 g/mol. The number of para-hydroxylation sites is 1. The Hall–Kier alpha value is -1.63. The van der Waals surface area contributed by atoms with Gasteiger partial charge in [-0.3, -0.25) is 14.6 Å². The van der Waals surface area contributed by atoms with Gasteiger partial charge in [-0.15, -0.1) is 0 Å². The molecule has 0 saturated carbocycles. The minimum Gasteiger partial charge on any atom is -0.398 e. The summed E-state index contributed by atoms with van der Waals surface area (Å²) < 4.78 is 5.30. The predicted molar refractivity (Wildman–Crippen MR) is 90.0 cm³/mol. The Morgan fingerprint density at radius 1 is 1.00 bits per heavy atom. The molecule has 23 heavy (non-hydrogen) atoms. The van der Waals surface area contributed by atoms with Crippen molar-refractivity contribution in [2.75, 3.05) is 64.8 Å². The lowest BCUT2D eigenvalue weighted by Gasteiger charge is -2.36. The van der Waals surface area contributed by atoms with Crippen LogP contribution in [0.1, 0.15) is 5.56 Å². The van der Waals surface area contributed by atoms with E-state index in [1.54, 1.807) is 0 Å². The molecule has 2 N–H and O–H groups in total. The molecule has 0 unspecified atom stereocenters. The summed E-state index contributed by atoms with van der Waals surface area (Å²) in [5.41, 5.74) is 8.06. The van der Waals surface area contributed by atoms with Crippen molar-refractivity contribution in [1.82, 2.24) is 14.7 Å². The number of rotatable bonds is 4. The average Bonchev–Trinajstić information content (AvgIpc) is 2.59. The molecule has 2 aliphatic heterocycles. The Morgan fingerprint density at radius 3 is 2.35 bits per heavy atom. The quantitative estimate of drug-likeness (QED) is 0.806. The van der Waals surface area contributed by atoms with E-state index in [1.165, 1.54) is 5.56 Å². The Balaban J connectivity index is 1.43. The van der Waals surface area contributed by atoms with Crippen LogP contribution in [0.4, 0.5) is 5.69 Å². The molecule has 0 atom stereocenters. The summed E-state index contributed by atoms with van der Waals surface area (Å²) in [6.07, 6.45) is 0. The third-order valence-corrected chi connectivity index (χ3v) is 4.64. The number of ether oxygens (including phenoxy) is 1. The van der Waals surface area contributed by atoms with E-state index in [1.807, 2.05) is 23.1 Å². The van der Waals surface area contributed by atoms with Gasteiger partial charge in [0.1, 0.15) is 0 Å². The second kappa shape index (κ2) is 7.77. The molecule has 3 rings (SSSR count). The first-order valence-electron chi connectivity index (χ1n) is 8.36. The van der Waals surface area contributed by atoms with E-state index in [2.05, 4.69) is 15.9 Å². The molecule has 0 aromatic heterocycles. The summed E-state index contributed by atoms with van der Waals surface area (Å²) in [5.74, 6) is 0.231. The van der Waals surface area contributed by atoms with Gasteiger partial charge in [-0.05, 0) is 11.6 Å². The number of anilines is 1. The fraction of sp³-hybridized carbons (Fsp3) is 0.588. The van der Waals surface area contributed by atoms with Gasteiger partial charge in [0.2, 0.25) is 5.91 Å². The topological polar surface area (TPSA) is 62.0 Å². The minimum absolute atomic E-state index is 0.231. The van der Waals surface area contributed by atoms with Crippen molar-refractivity contribution in [2.45, 2.75) is 6.54 Å². The zero-order chi connectivity index (χ0) is 16.1. The summed E-state index contributed by atoms with van der Waals surface area (Å²) in [6.45, 7) is 8.02. The lowest BCUT2D eigenvalue weighted by Crippen LogP contribution is -2.51. The van der Waals surface area contributed by atoms with Crippen molar-refractivity contribution in [3.05, 3.63) is 29.8 Å². The van der Waals surface area contributed by atoms with E-state index in [9.17, 15) is 4.79 Å². The molecular formula is C17H26N4O2. The van der Waals surface area contributed by atoms with Gasteiger partial charge in [-0.25, -0.2) is 0 Å². The molecule has 1 aromatic carbocycles. The summed E-state index contributed by atoms with van der Waals surface area (Å²) >= 11 is 0. The van der Waals surface area contributed by atoms with Crippen LogP contribution < -0.4 is 5.73 Å². The number of carbonyl (C=O) groups excluding carboxylic acids is 1. The van der Waals surface area contributed by atoms with E-state index in [4.69, 9.17) is 10.5 Å². The molecule has 126 valence electrons. The molecule has 1 amide bonds. The Labute approximate surface area is 137 Å². The van der Waals surface area contributed by atoms with Crippen molar-refractivity contribution in [1.29, 1.82) is 0 Å². The molecule has 2 saturated heterocycles. The van der Waals surface area contributed by atoms with Crippen LogP contribution >= 0.6 is 0 Å². The van der Waals surface area contributed by atoms with Gasteiger partial charge in [-0.2, -0.15) is 0 Å². The van der Waals surface area contributed by atoms with Gasteiger partial charge in [0.05, 0.1) is 19.8 Å². The van der Waals surface area contributed by atoms with Gasteiger partial charge in [0.15, 0.2) is 0 Å². The largest absolute Gasteiger partial charge is 0.398 e. The van der Waals surface area contributed by atoms with Crippen LogP contribution in [0.15, 0.2) is 24.3 Å². The second-order valence-corrected chi connectivity index (χ2v) is 6.24. The van der Waals surface area contributed by atoms with Crippen LogP contribution in [0, 0.1) is 0 Å². The smallest absolute Gasteiger partial charge is 0.236 e. The highest BCUT2D eigenvalue weighted by molar-refractivity contribution is 5.78. The number of nitrogen functional groups attached to an aromatic ring is 1. The number of piperazine rings is 1. The molecule has 0 radical (unpaired) electrons. The Morgan fingerprint density at radius 2 is 1.65 bits per heavy atom. The highest BCUT2D eigenvalue weighted by Crippen LogP contribution is 2.15. The van der Waals surface area contributed by atoms with E-state index in [-0.39, 0.29) is 5.91 Å². The molecule has 6 heteroatoms. The number of hydrogen-bond donors (Lipinski definition) is 1. The standard InChI is InChI=1S/C17H26N4O2/c18-16-4-2-1-3-15(16)13-19-5-7-20(8-6-19)14-17(22)21-9-11-23-12-10-21/h1-4H,5-14,18H2. The lowest BCUT2D eigenvalue weighted by molar-refractivity contribution is -0.136. The van der Waals surface area contributed by atoms with Crippen molar-refractivity contribution in [2.24, 2.45) is 0 Å². The lowest BCUT2D eigenvalue weighted by atomic mass is 10.1. The highest BCUT2D eigenvalue weighted by Gasteiger charge is 2.23. The van der Waals surface area contributed by atoms with E-state index >= 15 is 0 Å². The van der Waals surface area contributed by atoms with Gasteiger partial charge >= 0.3 is 0 Å². The zero-order valence-corrected chi connectivity index (χ0v) is 13.6. The van der Waals surface area contributed by atoms with E-state index in [0.29, 0.717) is 19.8 Å². The van der Waals surface area contributed by atoms with Crippen molar-refractivity contribution < 1.29 is 9.53 Å². The Kier molecular flexibility index (Phi) is 5.48. The molecule has 1 aromatic rings. The maximum atomic E-state index is 12.3. The molecule has 0 bridgehead atoms. The highest BCUT2D eigenvalue weighted by atomic mass is 16.5. The van der Waals surface area contributed by atoms with Crippen LogP contribution in [-0.2, 0) is 16.1 Å². The number of carbonyl (C=O) groups is 1. The van der Waals surface area contributed by atoms with E-state index < -0.39 is 0 Å². The number of nitrogens with zero attached hydrogens (tertiary/aromatic N) is 3. The first kappa shape index (κ1) is 16.2. The minimum atomic E-state index is 0.231. The number of morpholine rings is 1. The maximum absolute atomic E-state index is 12.3. The van der Waals surface area contributed by atoms with Gasteiger partial charge in [0, 0.05) is 51.5 Å². The number of hydrogen-bond acceptors (Lipinski definition) is 5. The fourth-order valence-electron chi connectivity index (χ4n) is 3.13. The van der Waals surface area contributed by atoms with Crippen LogP contribution in [0.25, 0.3) is 0 Å². The third kappa shape index (κ3) is 4.43. The molecule has 2 fully saturated rings. The van der Waals surface area contributed by atoms with Gasteiger partial charge < -0.3 is 15.4 Å². The SMILES string of the molecule is Nc1ccccc1CN1CCN(CC(=O)N2CCOCC2)CC1. The normalized spacial score (nSPS) is 20.6. The van der Waals surface area contributed by atoms with Crippen LogP contribution in [0.2, 0.25) is 0 Å². The number of benzene rings is 1. The molecule has 6 nitrogen and oxygen atoms in total. The Bertz CT molecular complexity index is 523. The van der Waals surface area contributed by atoms with Crippen molar-refractivity contribution in [3.8, 4) is 0 Å². The molecule has 0 aliphatic carbocycles. The zero-order valence-electron chi connectivity index (χ0n) is 13.6. The molecule has 0 spiro atoms. The first-order valence-corrected chi connectivity index (χ1v) is 8.36. The molecular weight excluding hydrogens is 292 g/mol. The second-order valence-electron chi connectivity index (χ2n) is 6.24. The van der Waals surface area contributed by atoms with Crippen LogP contribution in [-0.4, -0.2) is 79.6 Å². The summed E-state index contributed by atoms with van der Waals surface area (Å²) in [7, 11) is 0. The maximum Gasteiger partial charge on any atom is 0.236 e. The fourth-order valence-corrected chi connectivity index (χ4v) is 3.13. The summed E-state index contributed by atoms with van der Waals surface area (Å²) in [4.78, 5) is 18.9. The molecule has 2 heterocycles. The van der Waals surface area contributed by atoms with Crippen molar-refractivity contribution >= 4 is 11.6 Å². The van der Waals surface area contributed by atoms with Gasteiger partial charge in [0.25, 0.3) is 0 Å². The van der Waals surface area contributed by atoms with E-state index in [0.717, 1.165) is 51.5 Å². The molecule has 2 aliphatic rings.